The van der Waals surface area contributed by atoms with E-state index in [9.17, 15) is 19.8 Å². The third-order valence-electron chi connectivity index (χ3n) is 9.07. The zero-order valence-electron chi connectivity index (χ0n) is 29.6. The molecule has 2 N–H and O–H groups in total. The van der Waals surface area contributed by atoms with Crippen molar-refractivity contribution in [2.45, 2.75) is 52.4 Å². The maximum Gasteiger partial charge on any atom is 0.333 e. The SMILES string of the molecule is C=C(C)C(=O)OCCc1cc(O)c(C(C)(CC)c2c(O)cc(CCOC(=O)C(=C)C)cc2-n2nc3ccccc3n2)c(-n2nc3ccccc3n2)c1. The summed E-state index contributed by atoms with van der Waals surface area (Å²) in [5, 5.41) is 43.1. The summed E-state index contributed by atoms with van der Waals surface area (Å²) in [6, 6.07) is 21.9. The monoisotopic (exact) mass is 700 g/mol. The summed E-state index contributed by atoms with van der Waals surface area (Å²) < 4.78 is 10.7. The molecule has 4 aromatic carbocycles. The lowest BCUT2D eigenvalue weighted by Crippen LogP contribution is -2.28. The lowest BCUT2D eigenvalue weighted by atomic mass is 9.71. The first-order valence-corrected chi connectivity index (χ1v) is 16.9. The van der Waals surface area contributed by atoms with E-state index in [-0.39, 0.29) is 24.7 Å². The topological polar surface area (TPSA) is 154 Å². The van der Waals surface area contributed by atoms with E-state index in [2.05, 4.69) is 13.2 Å². The van der Waals surface area contributed by atoms with Crippen molar-refractivity contribution in [3.8, 4) is 22.9 Å². The van der Waals surface area contributed by atoms with Gasteiger partial charge in [0.25, 0.3) is 0 Å². The minimum absolute atomic E-state index is 0.0656. The van der Waals surface area contributed by atoms with Gasteiger partial charge in [-0.05, 0) is 79.9 Å². The van der Waals surface area contributed by atoms with Gasteiger partial charge in [0.15, 0.2) is 0 Å². The average Bonchev–Trinajstić information content (AvgIpc) is 3.75. The summed E-state index contributed by atoms with van der Waals surface area (Å²) in [5.74, 6) is -1.13. The largest absolute Gasteiger partial charge is 0.508 e. The van der Waals surface area contributed by atoms with Gasteiger partial charge in [0.1, 0.15) is 33.6 Å². The molecule has 266 valence electrons. The number of carbonyl (C=O) groups is 2. The van der Waals surface area contributed by atoms with Crippen LogP contribution >= 0.6 is 0 Å². The summed E-state index contributed by atoms with van der Waals surface area (Å²) in [6.07, 6.45) is 1.00. The minimum atomic E-state index is -1.09. The number of ether oxygens (including phenoxy) is 2. The molecule has 0 saturated heterocycles. The third kappa shape index (κ3) is 7.00. The Labute approximate surface area is 300 Å². The predicted molar refractivity (Wildman–Crippen MR) is 197 cm³/mol. The molecule has 2 heterocycles. The van der Waals surface area contributed by atoms with Crippen molar-refractivity contribution >= 4 is 34.0 Å². The normalized spacial score (nSPS) is 11.5. The highest BCUT2D eigenvalue weighted by atomic mass is 16.5. The lowest BCUT2D eigenvalue weighted by Gasteiger charge is -2.34. The zero-order valence-corrected chi connectivity index (χ0v) is 29.6. The lowest BCUT2D eigenvalue weighted by molar-refractivity contribution is -0.139. The van der Waals surface area contributed by atoms with E-state index in [1.807, 2.05) is 74.5 Å². The number of esters is 2. The van der Waals surface area contributed by atoms with E-state index >= 15 is 0 Å². The van der Waals surface area contributed by atoms with Crippen LogP contribution in [0.4, 0.5) is 0 Å². The number of aromatic nitrogens is 6. The molecule has 0 aliphatic carbocycles. The Morgan fingerprint density at radius 1 is 0.673 bits per heavy atom. The highest BCUT2D eigenvalue weighted by Crippen LogP contribution is 2.49. The molecule has 6 aromatic rings. The Kier molecular flexibility index (Phi) is 9.91. The molecule has 0 atom stereocenters. The summed E-state index contributed by atoms with van der Waals surface area (Å²) in [7, 11) is 0. The smallest absolute Gasteiger partial charge is 0.333 e. The van der Waals surface area contributed by atoms with E-state index in [4.69, 9.17) is 29.9 Å². The Bertz CT molecular complexity index is 2130. The first kappa shape index (κ1) is 35.5. The van der Waals surface area contributed by atoms with Crippen LogP contribution in [-0.4, -0.2) is 65.4 Å². The van der Waals surface area contributed by atoms with Crippen LogP contribution in [0.5, 0.6) is 11.5 Å². The molecule has 0 saturated carbocycles. The molecular formula is C40H40N6O6. The standard InChI is InChI=1S/C40H40N6O6/c1-7-40(6,36-32(45-41-28-12-8-9-13-29(28)42-45)20-26(22-34(36)47)16-18-51-38(49)24(2)3)37-33(46-43-30-14-10-11-15-31(30)44-46)21-27(23-35(37)48)17-19-52-39(50)25(4)5/h8-15,20-23,47-48H,2,4,7,16-19H2,1,3,5-6H3. The fourth-order valence-electron chi connectivity index (χ4n) is 6.25. The number of carbonyl (C=O) groups excluding carboxylic acids is 2. The number of fused-ring (bicyclic) bond motifs is 2. The molecule has 12 nitrogen and oxygen atoms in total. The van der Waals surface area contributed by atoms with Crippen molar-refractivity contribution in [2.24, 2.45) is 0 Å². The van der Waals surface area contributed by atoms with E-state index in [1.165, 1.54) is 9.59 Å². The number of hydrogen-bond donors (Lipinski definition) is 2. The molecule has 0 amide bonds. The Balaban J connectivity index is 1.54. The molecular weight excluding hydrogens is 660 g/mol. The van der Waals surface area contributed by atoms with Gasteiger partial charge in [-0.15, -0.1) is 30.0 Å². The molecule has 2 aromatic heterocycles. The molecule has 0 fully saturated rings. The molecule has 0 radical (unpaired) electrons. The van der Waals surface area contributed by atoms with Gasteiger partial charge in [0.05, 0.1) is 24.6 Å². The van der Waals surface area contributed by atoms with Crippen LogP contribution in [0.15, 0.2) is 97.1 Å². The quantitative estimate of drug-likeness (QED) is 0.0994. The summed E-state index contributed by atoms with van der Waals surface area (Å²) in [4.78, 5) is 27.1. The minimum Gasteiger partial charge on any atom is -0.508 e. The van der Waals surface area contributed by atoms with Crippen LogP contribution in [0.2, 0.25) is 0 Å². The Morgan fingerprint density at radius 3 is 1.33 bits per heavy atom. The van der Waals surface area contributed by atoms with Crippen LogP contribution < -0.4 is 0 Å². The fraction of sp³-hybridized carbons (Fsp3) is 0.250. The summed E-state index contributed by atoms with van der Waals surface area (Å²) in [5.41, 5.74) is 5.31. The number of aromatic hydroxyl groups is 2. The van der Waals surface area contributed by atoms with Crippen LogP contribution in [-0.2, 0) is 37.3 Å². The van der Waals surface area contributed by atoms with E-state index in [0.717, 1.165) is 0 Å². The van der Waals surface area contributed by atoms with Gasteiger partial charge in [0, 0.05) is 40.5 Å². The molecule has 52 heavy (non-hydrogen) atoms. The average molecular weight is 701 g/mol. The van der Waals surface area contributed by atoms with Crippen LogP contribution in [0.1, 0.15) is 56.4 Å². The van der Waals surface area contributed by atoms with Gasteiger partial charge >= 0.3 is 11.9 Å². The summed E-state index contributed by atoms with van der Waals surface area (Å²) >= 11 is 0. The zero-order chi connectivity index (χ0) is 37.2. The van der Waals surface area contributed by atoms with Crippen LogP contribution in [0.3, 0.4) is 0 Å². The van der Waals surface area contributed by atoms with Gasteiger partial charge in [-0.25, -0.2) is 9.59 Å². The first-order valence-electron chi connectivity index (χ1n) is 16.9. The number of phenols is 2. The Morgan fingerprint density at radius 2 is 1.02 bits per heavy atom. The maximum absolute atomic E-state index is 12.1. The van der Waals surface area contributed by atoms with Gasteiger partial charge < -0.3 is 19.7 Å². The molecule has 0 bridgehead atoms. The van der Waals surface area contributed by atoms with Crippen molar-refractivity contribution in [1.29, 1.82) is 0 Å². The van der Waals surface area contributed by atoms with Crippen molar-refractivity contribution in [3.05, 3.63) is 119 Å². The predicted octanol–water partition coefficient (Wildman–Crippen LogP) is 6.61. The fourth-order valence-corrected chi connectivity index (χ4v) is 6.25. The molecule has 0 spiro atoms. The summed E-state index contributed by atoms with van der Waals surface area (Å²) in [6.45, 7) is 14.5. The van der Waals surface area contributed by atoms with E-state index in [0.29, 0.717) is 86.1 Å². The molecule has 0 aliphatic rings. The maximum atomic E-state index is 12.1. The van der Waals surface area contributed by atoms with Gasteiger partial charge in [0.2, 0.25) is 0 Å². The van der Waals surface area contributed by atoms with Crippen molar-refractivity contribution < 1.29 is 29.3 Å². The van der Waals surface area contributed by atoms with Crippen LogP contribution in [0.25, 0.3) is 33.4 Å². The van der Waals surface area contributed by atoms with Crippen LogP contribution in [0, 0.1) is 0 Å². The van der Waals surface area contributed by atoms with Gasteiger partial charge in [-0.2, -0.15) is 0 Å². The second-order valence-electron chi connectivity index (χ2n) is 13.0. The van der Waals surface area contributed by atoms with Crippen molar-refractivity contribution in [1.82, 2.24) is 30.0 Å². The first-order chi connectivity index (χ1) is 24.9. The second-order valence-corrected chi connectivity index (χ2v) is 13.0. The highest BCUT2D eigenvalue weighted by molar-refractivity contribution is 5.87. The van der Waals surface area contributed by atoms with E-state index in [1.54, 1.807) is 26.0 Å². The number of hydrogen-bond acceptors (Lipinski definition) is 10. The highest BCUT2D eigenvalue weighted by Gasteiger charge is 2.39. The second kappa shape index (κ2) is 14.5. The molecule has 0 unspecified atom stereocenters. The van der Waals surface area contributed by atoms with E-state index < -0.39 is 17.4 Å². The van der Waals surface area contributed by atoms with Crippen molar-refractivity contribution in [2.75, 3.05) is 13.2 Å². The number of benzene rings is 4. The Hall–Kier alpha value is -6.30. The van der Waals surface area contributed by atoms with Gasteiger partial charge in [-0.3, -0.25) is 0 Å². The number of rotatable bonds is 13. The van der Waals surface area contributed by atoms with Gasteiger partial charge in [-0.1, -0.05) is 51.3 Å². The molecule has 0 aliphatic heterocycles. The van der Waals surface area contributed by atoms with Crippen molar-refractivity contribution in [3.63, 3.8) is 0 Å². The molecule has 12 heteroatoms. The number of phenolic OH excluding ortho intramolecular Hbond substituents is 2. The molecule has 6 rings (SSSR count). The number of nitrogens with zero attached hydrogens (tertiary/aromatic N) is 6. The third-order valence-corrected chi connectivity index (χ3v) is 9.07.